The molecule has 0 bridgehead atoms. The van der Waals surface area contributed by atoms with E-state index in [1.807, 2.05) is 20.8 Å². The van der Waals surface area contributed by atoms with Crippen LogP contribution in [0.4, 0.5) is 4.39 Å². The molecule has 1 aromatic carbocycles. The zero-order valence-electron chi connectivity index (χ0n) is 11.6. The Morgan fingerprint density at radius 1 is 1.26 bits per heavy atom. The lowest BCUT2D eigenvalue weighted by molar-refractivity contribution is -0.133. The lowest BCUT2D eigenvalue weighted by Gasteiger charge is -2.21. The molecule has 0 amide bonds. The van der Waals surface area contributed by atoms with Gasteiger partial charge in [0, 0.05) is 25.8 Å². The van der Waals surface area contributed by atoms with Crippen molar-refractivity contribution in [2.75, 3.05) is 19.8 Å². The average Bonchev–Trinajstić information content (AvgIpc) is 2.39. The second-order valence-electron chi connectivity index (χ2n) is 4.14. The van der Waals surface area contributed by atoms with Gasteiger partial charge in [-0.15, -0.1) is 0 Å². The van der Waals surface area contributed by atoms with Gasteiger partial charge < -0.3 is 14.8 Å². The molecule has 3 nitrogen and oxygen atoms in total. The summed E-state index contributed by atoms with van der Waals surface area (Å²) in [6.45, 7) is 7.72. The van der Waals surface area contributed by atoms with Crippen LogP contribution in [-0.2, 0) is 9.47 Å². The molecule has 0 heterocycles. The first-order valence-electron chi connectivity index (χ1n) is 6.50. The fourth-order valence-corrected chi connectivity index (χ4v) is 2.11. The van der Waals surface area contributed by atoms with E-state index in [0.717, 1.165) is 5.56 Å². The Labute approximate surface area is 122 Å². The SMILES string of the molecule is CCOC(CNC(C)c1ccc(F)c(Br)c1)OCC. The molecule has 1 rings (SSSR count). The van der Waals surface area contributed by atoms with Gasteiger partial charge in [0.05, 0.1) is 4.47 Å². The second-order valence-corrected chi connectivity index (χ2v) is 5.00. The zero-order chi connectivity index (χ0) is 14.3. The zero-order valence-corrected chi connectivity index (χ0v) is 13.2. The Morgan fingerprint density at radius 2 is 1.89 bits per heavy atom. The van der Waals surface area contributed by atoms with Gasteiger partial charge in [-0.05, 0) is 54.4 Å². The van der Waals surface area contributed by atoms with Crippen molar-refractivity contribution < 1.29 is 13.9 Å². The summed E-state index contributed by atoms with van der Waals surface area (Å²) < 4.78 is 24.6. The first kappa shape index (κ1) is 16.6. The largest absolute Gasteiger partial charge is 0.352 e. The van der Waals surface area contributed by atoms with Crippen LogP contribution in [-0.4, -0.2) is 26.0 Å². The Hall–Kier alpha value is -0.490. The fourth-order valence-electron chi connectivity index (χ4n) is 1.71. The van der Waals surface area contributed by atoms with Crippen LogP contribution in [0.1, 0.15) is 32.4 Å². The van der Waals surface area contributed by atoms with E-state index in [-0.39, 0.29) is 18.1 Å². The molecule has 0 fully saturated rings. The lowest BCUT2D eigenvalue weighted by Crippen LogP contribution is -2.33. The quantitative estimate of drug-likeness (QED) is 0.737. The van der Waals surface area contributed by atoms with E-state index in [1.54, 1.807) is 12.1 Å². The van der Waals surface area contributed by atoms with E-state index < -0.39 is 0 Å². The Bertz CT molecular complexity index is 384. The molecule has 0 aliphatic rings. The van der Waals surface area contributed by atoms with Gasteiger partial charge in [-0.3, -0.25) is 0 Å². The summed E-state index contributed by atoms with van der Waals surface area (Å²) in [5, 5.41) is 3.32. The highest BCUT2D eigenvalue weighted by molar-refractivity contribution is 9.10. The highest BCUT2D eigenvalue weighted by Gasteiger charge is 2.12. The predicted molar refractivity (Wildman–Crippen MR) is 77.6 cm³/mol. The maximum Gasteiger partial charge on any atom is 0.169 e. The second kappa shape index (κ2) is 8.64. The molecule has 0 aliphatic heterocycles. The van der Waals surface area contributed by atoms with Crippen molar-refractivity contribution in [2.24, 2.45) is 0 Å². The molecule has 1 aromatic rings. The molecular weight excluding hydrogens is 313 g/mol. The number of hydrogen-bond donors (Lipinski definition) is 1. The van der Waals surface area contributed by atoms with Crippen LogP contribution < -0.4 is 5.32 Å². The third-order valence-electron chi connectivity index (χ3n) is 2.74. The van der Waals surface area contributed by atoms with E-state index in [4.69, 9.17) is 9.47 Å². The highest BCUT2D eigenvalue weighted by Crippen LogP contribution is 2.21. The molecule has 0 spiro atoms. The minimum atomic E-state index is -0.252. The van der Waals surface area contributed by atoms with E-state index in [1.165, 1.54) is 6.07 Å². The Kier molecular flexibility index (Phi) is 7.53. The van der Waals surface area contributed by atoms with Gasteiger partial charge in [0.2, 0.25) is 0 Å². The topological polar surface area (TPSA) is 30.5 Å². The predicted octanol–water partition coefficient (Wildman–Crippen LogP) is 3.64. The van der Waals surface area contributed by atoms with Gasteiger partial charge in [0.1, 0.15) is 5.82 Å². The number of hydrogen-bond acceptors (Lipinski definition) is 3. The monoisotopic (exact) mass is 333 g/mol. The van der Waals surface area contributed by atoms with Crippen LogP contribution in [0.3, 0.4) is 0 Å². The van der Waals surface area contributed by atoms with Crippen LogP contribution in [0, 0.1) is 5.82 Å². The number of ether oxygens (including phenoxy) is 2. The van der Waals surface area contributed by atoms with Crippen LogP contribution in [0.25, 0.3) is 0 Å². The summed E-state index contributed by atoms with van der Waals surface area (Å²) >= 11 is 3.19. The van der Waals surface area contributed by atoms with Gasteiger partial charge in [0.25, 0.3) is 0 Å². The number of benzene rings is 1. The van der Waals surface area contributed by atoms with Gasteiger partial charge in [0.15, 0.2) is 6.29 Å². The van der Waals surface area contributed by atoms with Gasteiger partial charge in [-0.2, -0.15) is 0 Å². The summed E-state index contributed by atoms with van der Waals surface area (Å²) in [5.74, 6) is -0.252. The first-order valence-corrected chi connectivity index (χ1v) is 7.29. The molecule has 5 heteroatoms. The van der Waals surface area contributed by atoms with Crippen molar-refractivity contribution in [2.45, 2.75) is 33.1 Å². The molecule has 0 aromatic heterocycles. The van der Waals surface area contributed by atoms with Crippen LogP contribution in [0.5, 0.6) is 0 Å². The molecular formula is C14H21BrFNO2. The summed E-state index contributed by atoms with van der Waals surface area (Å²) in [5.41, 5.74) is 1.01. The van der Waals surface area contributed by atoms with Crippen LogP contribution in [0.15, 0.2) is 22.7 Å². The van der Waals surface area contributed by atoms with Crippen molar-refractivity contribution >= 4 is 15.9 Å². The third-order valence-corrected chi connectivity index (χ3v) is 3.35. The minimum absolute atomic E-state index is 0.0975. The van der Waals surface area contributed by atoms with Gasteiger partial charge in [-0.25, -0.2) is 4.39 Å². The number of nitrogens with one attached hydrogen (secondary N) is 1. The van der Waals surface area contributed by atoms with E-state index in [2.05, 4.69) is 21.2 Å². The molecule has 108 valence electrons. The Morgan fingerprint density at radius 3 is 2.42 bits per heavy atom. The smallest absolute Gasteiger partial charge is 0.169 e. The third kappa shape index (κ3) is 5.57. The number of rotatable bonds is 8. The normalized spacial score (nSPS) is 12.9. The highest BCUT2D eigenvalue weighted by atomic mass is 79.9. The first-order chi connectivity index (χ1) is 9.08. The number of halogens is 2. The molecule has 19 heavy (non-hydrogen) atoms. The Balaban J connectivity index is 2.53. The van der Waals surface area contributed by atoms with Crippen LogP contribution >= 0.6 is 15.9 Å². The summed E-state index contributed by atoms with van der Waals surface area (Å²) in [6.07, 6.45) is -0.249. The summed E-state index contributed by atoms with van der Waals surface area (Å²) in [6, 6.07) is 5.11. The van der Waals surface area contributed by atoms with Crippen molar-refractivity contribution in [1.82, 2.24) is 5.32 Å². The molecule has 0 radical (unpaired) electrons. The molecule has 1 atom stereocenters. The molecule has 1 N–H and O–H groups in total. The van der Waals surface area contributed by atoms with Crippen molar-refractivity contribution in [3.05, 3.63) is 34.1 Å². The van der Waals surface area contributed by atoms with Crippen LogP contribution in [0.2, 0.25) is 0 Å². The molecule has 1 unspecified atom stereocenters. The van der Waals surface area contributed by atoms with Crippen molar-refractivity contribution in [3.8, 4) is 0 Å². The molecule has 0 aliphatic carbocycles. The van der Waals surface area contributed by atoms with Gasteiger partial charge in [-0.1, -0.05) is 6.07 Å². The maximum atomic E-state index is 13.2. The average molecular weight is 334 g/mol. The van der Waals surface area contributed by atoms with Crippen molar-refractivity contribution in [3.63, 3.8) is 0 Å². The lowest BCUT2D eigenvalue weighted by atomic mass is 10.1. The van der Waals surface area contributed by atoms with E-state index >= 15 is 0 Å². The molecule has 0 saturated carbocycles. The molecule has 0 saturated heterocycles. The van der Waals surface area contributed by atoms with E-state index in [0.29, 0.717) is 24.2 Å². The van der Waals surface area contributed by atoms with E-state index in [9.17, 15) is 4.39 Å². The van der Waals surface area contributed by atoms with Gasteiger partial charge >= 0.3 is 0 Å². The fraction of sp³-hybridized carbons (Fsp3) is 0.571. The maximum absolute atomic E-state index is 13.2. The summed E-state index contributed by atoms with van der Waals surface area (Å²) in [4.78, 5) is 0. The summed E-state index contributed by atoms with van der Waals surface area (Å²) in [7, 11) is 0. The standard InChI is InChI=1S/C14H21BrFNO2/c1-4-18-14(19-5-2)9-17-10(3)11-6-7-13(16)12(15)8-11/h6-8,10,14,17H,4-5,9H2,1-3H3. The van der Waals surface area contributed by atoms with Crippen molar-refractivity contribution in [1.29, 1.82) is 0 Å². The minimum Gasteiger partial charge on any atom is -0.352 e.